The highest BCUT2D eigenvalue weighted by Gasteiger charge is 2.41. The zero-order chi connectivity index (χ0) is 15.6. The molecule has 1 fully saturated rings. The molecule has 7 heteroatoms. The number of halogens is 4. The summed E-state index contributed by atoms with van der Waals surface area (Å²) in [4.78, 5) is 17.3. The molecule has 0 N–H and O–H groups in total. The Labute approximate surface area is 126 Å². The van der Waals surface area contributed by atoms with E-state index in [4.69, 9.17) is 11.6 Å². The first-order valence-corrected chi connectivity index (χ1v) is 7.22. The molecular weight excluding hydrogens is 305 g/mol. The van der Waals surface area contributed by atoms with Gasteiger partial charge in [0, 0.05) is 17.3 Å². The van der Waals surface area contributed by atoms with Crippen LogP contribution in [0.3, 0.4) is 0 Å². The average molecular weight is 321 g/mol. The summed E-state index contributed by atoms with van der Waals surface area (Å²) < 4.78 is 37.9. The fraction of sp³-hybridized carbons (Fsp3) is 0.571. The lowest BCUT2D eigenvalue weighted by atomic mass is 10.1. The maximum Gasteiger partial charge on any atom is 0.406 e. The lowest BCUT2D eigenvalue weighted by Gasteiger charge is -2.24. The second kappa shape index (κ2) is 6.22. The number of amides is 1. The van der Waals surface area contributed by atoms with E-state index in [1.807, 2.05) is 6.92 Å². The Hall–Kier alpha value is -1.30. The first-order chi connectivity index (χ1) is 9.80. The molecule has 1 aromatic heterocycles. The van der Waals surface area contributed by atoms with Gasteiger partial charge in [-0.05, 0) is 31.4 Å². The number of aromatic nitrogens is 1. The minimum absolute atomic E-state index is 0.132. The maximum absolute atomic E-state index is 12.6. The van der Waals surface area contributed by atoms with Gasteiger partial charge in [-0.1, -0.05) is 24.9 Å². The Morgan fingerprint density at radius 2 is 2.10 bits per heavy atom. The van der Waals surface area contributed by atoms with E-state index in [9.17, 15) is 18.0 Å². The van der Waals surface area contributed by atoms with Crippen LogP contribution in [0.15, 0.2) is 12.1 Å². The van der Waals surface area contributed by atoms with E-state index >= 15 is 0 Å². The van der Waals surface area contributed by atoms with Crippen molar-refractivity contribution in [3.63, 3.8) is 0 Å². The van der Waals surface area contributed by atoms with Gasteiger partial charge in [0.1, 0.15) is 11.7 Å². The fourth-order valence-electron chi connectivity index (χ4n) is 2.17. The quantitative estimate of drug-likeness (QED) is 0.772. The van der Waals surface area contributed by atoms with Gasteiger partial charge in [0.2, 0.25) is 0 Å². The lowest BCUT2D eigenvalue weighted by molar-refractivity contribution is -0.141. The van der Waals surface area contributed by atoms with Crippen molar-refractivity contribution in [1.29, 1.82) is 0 Å². The van der Waals surface area contributed by atoms with Gasteiger partial charge < -0.3 is 4.90 Å². The molecule has 1 amide bonds. The van der Waals surface area contributed by atoms with Crippen molar-refractivity contribution in [2.45, 2.75) is 44.8 Å². The normalized spacial score (nSPS) is 15.1. The third-order valence-corrected chi connectivity index (χ3v) is 3.39. The van der Waals surface area contributed by atoms with E-state index in [0.29, 0.717) is 25.0 Å². The van der Waals surface area contributed by atoms with Crippen LogP contribution in [0.25, 0.3) is 0 Å². The van der Waals surface area contributed by atoms with Crippen molar-refractivity contribution in [3.8, 4) is 0 Å². The molecule has 0 radical (unpaired) electrons. The number of carbonyl (C=O) groups excluding carboxylic acids is 1. The number of pyridine rings is 1. The second-order valence-corrected chi connectivity index (χ2v) is 5.59. The standard InChI is InChI=1S/C14H16ClF3N2O/c1-2-3-10-6-9(7-12(15)19-10)13(21)20(11-4-5-11)8-14(16,17)18/h6-7,11H,2-5,8H2,1H3. The van der Waals surface area contributed by atoms with Gasteiger partial charge in [0.05, 0.1) is 0 Å². The topological polar surface area (TPSA) is 33.2 Å². The summed E-state index contributed by atoms with van der Waals surface area (Å²) in [6, 6.07) is 2.54. The summed E-state index contributed by atoms with van der Waals surface area (Å²) in [6.07, 6.45) is -1.73. The predicted octanol–water partition coefficient (Wildman–Crippen LogP) is 3.85. The third kappa shape index (κ3) is 4.59. The van der Waals surface area contributed by atoms with Gasteiger partial charge >= 0.3 is 6.18 Å². The van der Waals surface area contributed by atoms with Gasteiger partial charge in [-0.2, -0.15) is 13.2 Å². The number of carbonyl (C=O) groups is 1. The summed E-state index contributed by atoms with van der Waals surface area (Å²) in [7, 11) is 0. The molecule has 0 spiro atoms. The van der Waals surface area contributed by atoms with Crippen LogP contribution in [0.1, 0.15) is 42.2 Å². The van der Waals surface area contributed by atoms with Gasteiger partial charge in [0.25, 0.3) is 5.91 Å². The molecule has 3 nitrogen and oxygen atoms in total. The molecule has 0 aromatic carbocycles. The third-order valence-electron chi connectivity index (χ3n) is 3.20. The minimum Gasteiger partial charge on any atom is -0.327 e. The van der Waals surface area contributed by atoms with Gasteiger partial charge in [0.15, 0.2) is 0 Å². The summed E-state index contributed by atoms with van der Waals surface area (Å²) in [6.45, 7) is 0.726. The van der Waals surface area contributed by atoms with Crippen LogP contribution in [0.2, 0.25) is 5.15 Å². The Morgan fingerprint density at radius 1 is 1.43 bits per heavy atom. The molecule has 0 atom stereocenters. The van der Waals surface area contributed by atoms with E-state index in [2.05, 4.69) is 4.98 Å². The number of nitrogens with zero attached hydrogens (tertiary/aromatic N) is 2. The van der Waals surface area contributed by atoms with Gasteiger partial charge in [-0.3, -0.25) is 4.79 Å². The largest absolute Gasteiger partial charge is 0.406 e. The van der Waals surface area contributed by atoms with Crippen molar-refractivity contribution in [3.05, 3.63) is 28.5 Å². The van der Waals surface area contributed by atoms with Crippen molar-refractivity contribution in [2.24, 2.45) is 0 Å². The molecule has 0 saturated heterocycles. The molecule has 1 aromatic rings. The van der Waals surface area contributed by atoms with Crippen LogP contribution < -0.4 is 0 Å². The Bertz CT molecular complexity index is 529. The SMILES string of the molecule is CCCc1cc(C(=O)N(CC(F)(F)F)C2CC2)cc(Cl)n1. The first-order valence-electron chi connectivity index (χ1n) is 6.84. The first kappa shape index (κ1) is 16.1. The van der Waals surface area contributed by atoms with Crippen LogP contribution in [0.5, 0.6) is 0 Å². The molecule has 0 bridgehead atoms. The smallest absolute Gasteiger partial charge is 0.327 e. The summed E-state index contributed by atoms with van der Waals surface area (Å²) in [5.74, 6) is -0.628. The zero-order valence-electron chi connectivity index (χ0n) is 11.6. The highest BCUT2D eigenvalue weighted by Crippen LogP contribution is 2.31. The van der Waals surface area contributed by atoms with E-state index in [1.165, 1.54) is 12.1 Å². The predicted molar refractivity (Wildman–Crippen MR) is 73.4 cm³/mol. The van der Waals surface area contributed by atoms with Crippen molar-refractivity contribution >= 4 is 17.5 Å². The Kier molecular flexibility index (Phi) is 4.76. The summed E-state index contributed by atoms with van der Waals surface area (Å²) in [5, 5.41) is 0.132. The highest BCUT2D eigenvalue weighted by atomic mass is 35.5. The van der Waals surface area contributed by atoms with Crippen molar-refractivity contribution in [1.82, 2.24) is 9.88 Å². The molecule has 0 unspecified atom stereocenters. The van der Waals surface area contributed by atoms with Crippen molar-refractivity contribution in [2.75, 3.05) is 6.54 Å². The van der Waals surface area contributed by atoms with E-state index in [1.54, 1.807) is 0 Å². The molecule has 1 aliphatic carbocycles. The minimum atomic E-state index is -4.40. The second-order valence-electron chi connectivity index (χ2n) is 5.20. The average Bonchev–Trinajstić information content (AvgIpc) is 3.18. The van der Waals surface area contributed by atoms with Gasteiger partial charge in [-0.15, -0.1) is 0 Å². The molecule has 1 aliphatic rings. The summed E-state index contributed by atoms with van der Waals surface area (Å²) >= 11 is 5.86. The van der Waals surface area contributed by atoms with E-state index < -0.39 is 18.6 Å². The Morgan fingerprint density at radius 3 is 2.62 bits per heavy atom. The Balaban J connectivity index is 2.24. The van der Waals surface area contributed by atoms with Crippen LogP contribution in [0, 0.1) is 0 Å². The van der Waals surface area contributed by atoms with Crippen LogP contribution in [0.4, 0.5) is 13.2 Å². The monoisotopic (exact) mass is 320 g/mol. The molecule has 21 heavy (non-hydrogen) atoms. The van der Waals surface area contributed by atoms with Gasteiger partial charge in [-0.25, -0.2) is 4.98 Å². The number of hydrogen-bond acceptors (Lipinski definition) is 2. The van der Waals surface area contributed by atoms with Crippen LogP contribution in [-0.4, -0.2) is 34.6 Å². The van der Waals surface area contributed by atoms with Crippen LogP contribution >= 0.6 is 11.6 Å². The fourth-order valence-corrected chi connectivity index (χ4v) is 2.40. The number of alkyl halides is 3. The molecule has 0 aliphatic heterocycles. The molecule has 1 heterocycles. The molecular formula is C14H16ClF3N2O. The molecule has 2 rings (SSSR count). The highest BCUT2D eigenvalue weighted by molar-refractivity contribution is 6.29. The maximum atomic E-state index is 12.6. The van der Waals surface area contributed by atoms with E-state index in [0.717, 1.165) is 11.3 Å². The number of aryl methyl sites for hydroxylation is 1. The number of hydrogen-bond donors (Lipinski definition) is 0. The van der Waals surface area contributed by atoms with E-state index in [-0.39, 0.29) is 16.8 Å². The summed E-state index contributed by atoms with van der Waals surface area (Å²) in [5.41, 5.74) is 0.797. The van der Waals surface area contributed by atoms with Crippen molar-refractivity contribution < 1.29 is 18.0 Å². The molecule has 116 valence electrons. The lowest BCUT2D eigenvalue weighted by Crippen LogP contribution is -2.40. The molecule has 1 saturated carbocycles. The zero-order valence-corrected chi connectivity index (χ0v) is 12.3. The van der Waals surface area contributed by atoms with Crippen LogP contribution in [-0.2, 0) is 6.42 Å². The number of rotatable bonds is 5.